The molecule has 0 saturated heterocycles. The average Bonchev–Trinajstić information content (AvgIpc) is 2.47. The van der Waals surface area contributed by atoms with E-state index >= 15 is 0 Å². The molecule has 1 N–H and O–H groups in total. The van der Waals surface area contributed by atoms with Gasteiger partial charge in [-0.05, 0) is 48.9 Å². The molecule has 0 radical (unpaired) electrons. The summed E-state index contributed by atoms with van der Waals surface area (Å²) in [5.41, 5.74) is 3.15. The van der Waals surface area contributed by atoms with Crippen LogP contribution in [-0.2, 0) is 0 Å². The van der Waals surface area contributed by atoms with Crippen molar-refractivity contribution >= 4 is 23.2 Å². The van der Waals surface area contributed by atoms with E-state index < -0.39 is 0 Å². The van der Waals surface area contributed by atoms with Crippen molar-refractivity contribution in [1.82, 2.24) is 5.32 Å². The van der Waals surface area contributed by atoms with E-state index in [1.54, 1.807) is 7.11 Å². The molecule has 0 heterocycles. The van der Waals surface area contributed by atoms with Crippen molar-refractivity contribution < 1.29 is 4.74 Å². The second-order valence-electron chi connectivity index (χ2n) is 4.60. The van der Waals surface area contributed by atoms with Crippen molar-refractivity contribution in [3.63, 3.8) is 0 Å². The van der Waals surface area contributed by atoms with Crippen LogP contribution < -0.4 is 10.1 Å². The van der Waals surface area contributed by atoms with Crippen molar-refractivity contribution in [2.75, 3.05) is 14.2 Å². The van der Waals surface area contributed by atoms with Gasteiger partial charge in [0.2, 0.25) is 0 Å². The minimum Gasteiger partial charge on any atom is -0.495 e. The maximum atomic E-state index is 6.36. The SMILES string of the molecule is CNC(C)c1ccc(-c2ccc(Cl)c(OC)c2)cc1Cl. The summed E-state index contributed by atoms with van der Waals surface area (Å²) in [5.74, 6) is 0.660. The first-order valence-electron chi connectivity index (χ1n) is 6.37. The van der Waals surface area contributed by atoms with Crippen LogP contribution in [0.2, 0.25) is 10.0 Å². The number of nitrogens with one attached hydrogen (secondary N) is 1. The first-order valence-corrected chi connectivity index (χ1v) is 7.13. The van der Waals surface area contributed by atoms with E-state index in [0.717, 1.165) is 21.7 Å². The largest absolute Gasteiger partial charge is 0.495 e. The third-order valence-corrected chi connectivity index (χ3v) is 4.02. The second kappa shape index (κ2) is 6.49. The smallest absolute Gasteiger partial charge is 0.138 e. The Kier molecular flexibility index (Phi) is 4.92. The van der Waals surface area contributed by atoms with E-state index in [2.05, 4.69) is 18.3 Å². The molecule has 2 nitrogen and oxygen atoms in total. The molecule has 0 saturated carbocycles. The summed E-state index contributed by atoms with van der Waals surface area (Å²) in [5, 5.41) is 4.53. The molecular weight excluding hydrogens is 293 g/mol. The fourth-order valence-electron chi connectivity index (χ4n) is 2.05. The van der Waals surface area contributed by atoms with Crippen molar-refractivity contribution in [2.24, 2.45) is 0 Å². The van der Waals surface area contributed by atoms with Gasteiger partial charge in [0.05, 0.1) is 12.1 Å². The monoisotopic (exact) mass is 309 g/mol. The third kappa shape index (κ3) is 3.09. The summed E-state index contributed by atoms with van der Waals surface area (Å²) < 4.78 is 5.24. The number of halogens is 2. The molecule has 1 unspecified atom stereocenters. The van der Waals surface area contributed by atoms with E-state index in [0.29, 0.717) is 10.8 Å². The lowest BCUT2D eigenvalue weighted by molar-refractivity contribution is 0.415. The Morgan fingerprint density at radius 3 is 2.25 bits per heavy atom. The maximum Gasteiger partial charge on any atom is 0.138 e. The molecule has 106 valence electrons. The standard InChI is InChI=1S/C16H17Cl2NO/c1-10(19-2)13-6-4-11(8-15(13)18)12-5-7-14(17)16(9-12)20-3/h4-10,19H,1-3H3. The van der Waals surface area contributed by atoms with Crippen molar-refractivity contribution in [2.45, 2.75) is 13.0 Å². The van der Waals surface area contributed by atoms with Crippen LogP contribution in [-0.4, -0.2) is 14.2 Å². The molecule has 2 rings (SSSR count). The second-order valence-corrected chi connectivity index (χ2v) is 5.41. The Balaban J connectivity index is 2.41. The molecule has 0 aliphatic carbocycles. The molecular formula is C16H17Cl2NO. The average molecular weight is 310 g/mol. The minimum absolute atomic E-state index is 0.219. The molecule has 0 aliphatic heterocycles. The first kappa shape index (κ1) is 15.2. The molecule has 2 aromatic carbocycles. The highest BCUT2D eigenvalue weighted by Crippen LogP contribution is 2.33. The van der Waals surface area contributed by atoms with Gasteiger partial charge in [0.1, 0.15) is 5.75 Å². The fourth-order valence-corrected chi connectivity index (χ4v) is 2.59. The van der Waals surface area contributed by atoms with Crippen LogP contribution >= 0.6 is 23.2 Å². The van der Waals surface area contributed by atoms with Crippen LogP contribution in [0.3, 0.4) is 0 Å². The van der Waals surface area contributed by atoms with Gasteiger partial charge in [0.15, 0.2) is 0 Å². The molecule has 0 spiro atoms. The number of methoxy groups -OCH3 is 1. The lowest BCUT2D eigenvalue weighted by atomic mass is 10.0. The Hall–Kier alpha value is -1.22. The zero-order valence-corrected chi connectivity index (χ0v) is 13.2. The zero-order chi connectivity index (χ0) is 14.7. The Morgan fingerprint density at radius 1 is 1.00 bits per heavy atom. The normalized spacial score (nSPS) is 12.2. The van der Waals surface area contributed by atoms with Crippen LogP contribution in [0.5, 0.6) is 5.75 Å². The molecule has 4 heteroatoms. The van der Waals surface area contributed by atoms with Gasteiger partial charge < -0.3 is 10.1 Å². The van der Waals surface area contributed by atoms with Crippen LogP contribution in [0.25, 0.3) is 11.1 Å². The molecule has 20 heavy (non-hydrogen) atoms. The summed E-state index contributed by atoms with van der Waals surface area (Å²) in [6, 6.07) is 12.0. The van der Waals surface area contributed by atoms with Crippen molar-refractivity contribution in [1.29, 1.82) is 0 Å². The Morgan fingerprint density at radius 2 is 1.65 bits per heavy atom. The predicted molar refractivity (Wildman–Crippen MR) is 85.9 cm³/mol. The van der Waals surface area contributed by atoms with E-state index in [-0.39, 0.29) is 6.04 Å². The van der Waals surface area contributed by atoms with E-state index in [1.165, 1.54) is 0 Å². The van der Waals surface area contributed by atoms with Gasteiger partial charge >= 0.3 is 0 Å². The molecule has 0 aromatic heterocycles. The maximum absolute atomic E-state index is 6.36. The predicted octanol–water partition coefficient (Wildman–Crippen LogP) is 4.95. The summed E-state index contributed by atoms with van der Waals surface area (Å²) in [7, 11) is 3.52. The number of hydrogen-bond acceptors (Lipinski definition) is 2. The quantitative estimate of drug-likeness (QED) is 0.863. The van der Waals surface area contributed by atoms with Crippen molar-refractivity contribution in [3.8, 4) is 16.9 Å². The fraction of sp³-hybridized carbons (Fsp3) is 0.250. The molecule has 1 atom stereocenters. The lowest BCUT2D eigenvalue weighted by Crippen LogP contribution is -2.12. The van der Waals surface area contributed by atoms with Gasteiger partial charge in [0.25, 0.3) is 0 Å². The summed E-state index contributed by atoms with van der Waals surface area (Å²) in [6.07, 6.45) is 0. The van der Waals surface area contributed by atoms with Crippen LogP contribution in [0.1, 0.15) is 18.5 Å². The Bertz CT molecular complexity index is 613. The highest BCUT2D eigenvalue weighted by atomic mass is 35.5. The van der Waals surface area contributed by atoms with E-state index in [4.69, 9.17) is 27.9 Å². The zero-order valence-electron chi connectivity index (χ0n) is 11.7. The van der Waals surface area contributed by atoms with Gasteiger partial charge in [-0.15, -0.1) is 0 Å². The van der Waals surface area contributed by atoms with Crippen LogP contribution in [0.4, 0.5) is 0 Å². The third-order valence-electron chi connectivity index (χ3n) is 3.38. The highest BCUT2D eigenvalue weighted by molar-refractivity contribution is 6.32. The van der Waals surface area contributed by atoms with E-state index in [9.17, 15) is 0 Å². The summed E-state index contributed by atoms with van der Waals surface area (Å²) >= 11 is 12.4. The summed E-state index contributed by atoms with van der Waals surface area (Å²) in [6.45, 7) is 2.08. The lowest BCUT2D eigenvalue weighted by Gasteiger charge is -2.14. The number of ether oxygens (including phenoxy) is 1. The van der Waals surface area contributed by atoms with Crippen LogP contribution in [0.15, 0.2) is 36.4 Å². The summed E-state index contributed by atoms with van der Waals surface area (Å²) in [4.78, 5) is 0. The minimum atomic E-state index is 0.219. The van der Waals surface area contributed by atoms with Crippen LogP contribution in [0, 0.1) is 0 Å². The number of benzene rings is 2. The highest BCUT2D eigenvalue weighted by Gasteiger charge is 2.10. The van der Waals surface area contributed by atoms with Gasteiger partial charge in [-0.3, -0.25) is 0 Å². The van der Waals surface area contributed by atoms with Gasteiger partial charge in [0, 0.05) is 11.1 Å². The first-order chi connectivity index (χ1) is 9.56. The Labute approximate surface area is 129 Å². The molecule has 0 bridgehead atoms. The number of hydrogen-bond donors (Lipinski definition) is 1. The van der Waals surface area contributed by atoms with Gasteiger partial charge in [-0.25, -0.2) is 0 Å². The van der Waals surface area contributed by atoms with Gasteiger partial charge in [-0.1, -0.05) is 41.4 Å². The van der Waals surface area contributed by atoms with E-state index in [1.807, 2.05) is 37.4 Å². The number of rotatable bonds is 4. The molecule has 2 aromatic rings. The topological polar surface area (TPSA) is 21.3 Å². The molecule has 0 amide bonds. The van der Waals surface area contributed by atoms with Gasteiger partial charge in [-0.2, -0.15) is 0 Å². The molecule has 0 aliphatic rings. The molecule has 0 fully saturated rings. The van der Waals surface area contributed by atoms with Crippen molar-refractivity contribution in [3.05, 3.63) is 52.0 Å².